The molecule has 0 heterocycles. The molecule has 0 radical (unpaired) electrons. The van der Waals surface area contributed by atoms with Crippen molar-refractivity contribution in [3.05, 3.63) is 0 Å². The van der Waals surface area contributed by atoms with E-state index in [4.69, 9.17) is 16.3 Å². The highest BCUT2D eigenvalue weighted by molar-refractivity contribution is 6.27. The summed E-state index contributed by atoms with van der Waals surface area (Å²) < 4.78 is 4.75. The molecular weight excluding hydrogens is 242 g/mol. The fourth-order valence-corrected chi connectivity index (χ4v) is 2.68. The van der Waals surface area contributed by atoms with Crippen molar-refractivity contribution in [1.82, 2.24) is 4.90 Å². The van der Waals surface area contributed by atoms with E-state index in [0.29, 0.717) is 6.42 Å². The highest BCUT2D eigenvalue weighted by Crippen LogP contribution is 2.36. The van der Waals surface area contributed by atoms with Gasteiger partial charge in [-0.05, 0) is 12.8 Å². The van der Waals surface area contributed by atoms with E-state index < -0.39 is 5.54 Å². The average Bonchev–Trinajstić information content (AvgIpc) is 2.37. The van der Waals surface area contributed by atoms with E-state index in [1.807, 2.05) is 0 Å². The van der Waals surface area contributed by atoms with Gasteiger partial charge in [0, 0.05) is 13.5 Å². The fourth-order valence-electron chi connectivity index (χ4n) is 2.59. The zero-order valence-electron chi connectivity index (χ0n) is 10.5. The van der Waals surface area contributed by atoms with Crippen molar-refractivity contribution >= 4 is 23.5 Å². The predicted octanol–water partition coefficient (Wildman–Crippen LogP) is 2.59. The third-order valence-corrected chi connectivity index (χ3v) is 3.92. The summed E-state index contributed by atoms with van der Waals surface area (Å²) in [6.45, 7) is 0. The highest BCUT2D eigenvalue weighted by atomic mass is 35.5. The lowest BCUT2D eigenvalue weighted by Gasteiger charge is -2.43. The van der Waals surface area contributed by atoms with Crippen LogP contribution in [-0.2, 0) is 9.53 Å². The Bertz CT molecular complexity index is 287. The molecule has 1 amide bonds. The molecule has 0 unspecified atom stereocenters. The van der Waals surface area contributed by atoms with Crippen LogP contribution in [0.3, 0.4) is 0 Å². The number of amides is 1. The van der Waals surface area contributed by atoms with E-state index in [9.17, 15) is 9.59 Å². The van der Waals surface area contributed by atoms with Gasteiger partial charge in [0.1, 0.15) is 5.78 Å². The van der Waals surface area contributed by atoms with Crippen molar-refractivity contribution in [2.45, 2.75) is 44.1 Å². The number of hydrogen-bond donors (Lipinski definition) is 0. The zero-order chi connectivity index (χ0) is 12.9. The first-order valence-corrected chi connectivity index (χ1v) is 6.48. The molecule has 1 fully saturated rings. The van der Waals surface area contributed by atoms with Gasteiger partial charge >= 0.3 is 6.09 Å². The SMILES string of the molecule is COC(=O)N(C)C1(CC(=O)CCl)CCCCC1. The van der Waals surface area contributed by atoms with Crippen molar-refractivity contribution in [2.24, 2.45) is 0 Å². The first-order chi connectivity index (χ1) is 8.05. The summed E-state index contributed by atoms with van der Waals surface area (Å²) in [4.78, 5) is 24.8. The Labute approximate surface area is 107 Å². The summed E-state index contributed by atoms with van der Waals surface area (Å²) in [5.74, 6) is 0.000788. The number of alkyl halides is 1. The third kappa shape index (κ3) is 3.35. The van der Waals surface area contributed by atoms with Crippen LogP contribution in [-0.4, -0.2) is 42.4 Å². The van der Waals surface area contributed by atoms with Crippen LogP contribution in [0.25, 0.3) is 0 Å². The molecule has 0 aromatic heterocycles. The zero-order valence-corrected chi connectivity index (χ0v) is 11.3. The largest absolute Gasteiger partial charge is 0.453 e. The molecule has 1 aliphatic carbocycles. The molecular formula is C12H20ClNO3. The number of rotatable bonds is 4. The van der Waals surface area contributed by atoms with Crippen molar-refractivity contribution in [1.29, 1.82) is 0 Å². The predicted molar refractivity (Wildman–Crippen MR) is 66.3 cm³/mol. The molecule has 1 saturated carbocycles. The van der Waals surface area contributed by atoms with Gasteiger partial charge in [0.2, 0.25) is 0 Å². The maximum atomic E-state index is 11.6. The van der Waals surface area contributed by atoms with Gasteiger partial charge in [0.25, 0.3) is 0 Å². The van der Waals surface area contributed by atoms with Crippen LogP contribution >= 0.6 is 11.6 Å². The van der Waals surface area contributed by atoms with Crippen molar-refractivity contribution in [2.75, 3.05) is 20.0 Å². The molecule has 17 heavy (non-hydrogen) atoms. The Kier molecular flexibility index (Phi) is 5.25. The second-order valence-corrected chi connectivity index (χ2v) is 4.93. The maximum absolute atomic E-state index is 11.6. The summed E-state index contributed by atoms with van der Waals surface area (Å²) >= 11 is 5.57. The van der Waals surface area contributed by atoms with Crippen LogP contribution in [0, 0.1) is 0 Å². The van der Waals surface area contributed by atoms with Crippen molar-refractivity contribution in [3.63, 3.8) is 0 Å². The van der Waals surface area contributed by atoms with Crippen LogP contribution in [0.15, 0.2) is 0 Å². The minimum Gasteiger partial charge on any atom is -0.453 e. The van der Waals surface area contributed by atoms with Gasteiger partial charge in [0.05, 0.1) is 18.5 Å². The van der Waals surface area contributed by atoms with E-state index in [-0.39, 0.29) is 17.8 Å². The maximum Gasteiger partial charge on any atom is 0.409 e. The lowest BCUT2D eigenvalue weighted by molar-refractivity contribution is -0.119. The summed E-state index contributed by atoms with van der Waals surface area (Å²) in [6.07, 6.45) is 4.89. The molecule has 0 saturated heterocycles. The summed E-state index contributed by atoms with van der Waals surface area (Å²) in [7, 11) is 3.07. The van der Waals surface area contributed by atoms with Crippen LogP contribution in [0.1, 0.15) is 38.5 Å². The number of hydrogen-bond acceptors (Lipinski definition) is 3. The van der Waals surface area contributed by atoms with Gasteiger partial charge in [-0.3, -0.25) is 4.79 Å². The van der Waals surface area contributed by atoms with Gasteiger partial charge in [-0.15, -0.1) is 11.6 Å². The Morgan fingerprint density at radius 3 is 2.35 bits per heavy atom. The summed E-state index contributed by atoms with van der Waals surface area (Å²) in [5.41, 5.74) is -0.392. The number of carbonyl (C=O) groups excluding carboxylic acids is 2. The molecule has 0 aromatic carbocycles. The minimum atomic E-state index is -0.392. The molecule has 5 heteroatoms. The second kappa shape index (κ2) is 6.24. The van der Waals surface area contributed by atoms with Gasteiger partial charge in [-0.2, -0.15) is 0 Å². The number of Topliss-reactive ketones (excluding diaryl/α,β-unsaturated/α-hetero) is 1. The first-order valence-electron chi connectivity index (χ1n) is 5.95. The van der Waals surface area contributed by atoms with E-state index in [2.05, 4.69) is 0 Å². The van der Waals surface area contributed by atoms with Gasteiger partial charge in [-0.1, -0.05) is 19.3 Å². The van der Waals surface area contributed by atoms with E-state index in [0.717, 1.165) is 32.1 Å². The van der Waals surface area contributed by atoms with E-state index in [1.165, 1.54) is 7.11 Å². The van der Waals surface area contributed by atoms with Crippen LogP contribution in [0.4, 0.5) is 4.79 Å². The average molecular weight is 262 g/mol. The van der Waals surface area contributed by atoms with Gasteiger partial charge in [-0.25, -0.2) is 4.79 Å². The number of ketones is 1. The highest BCUT2D eigenvalue weighted by Gasteiger charge is 2.40. The molecule has 0 aromatic rings. The quantitative estimate of drug-likeness (QED) is 0.731. The second-order valence-electron chi connectivity index (χ2n) is 4.66. The lowest BCUT2D eigenvalue weighted by atomic mass is 9.77. The standard InChI is InChI=1S/C12H20ClNO3/c1-14(11(16)17-2)12(8-10(15)9-13)6-4-3-5-7-12/h3-9H2,1-2H3. The van der Waals surface area contributed by atoms with Crippen LogP contribution < -0.4 is 0 Å². The lowest BCUT2D eigenvalue weighted by Crippen LogP contribution is -2.52. The molecule has 4 nitrogen and oxygen atoms in total. The van der Waals surface area contributed by atoms with Crippen molar-refractivity contribution < 1.29 is 14.3 Å². The molecule has 0 bridgehead atoms. The number of nitrogens with zero attached hydrogens (tertiary/aromatic N) is 1. The number of halogens is 1. The molecule has 0 aliphatic heterocycles. The van der Waals surface area contributed by atoms with E-state index in [1.54, 1.807) is 11.9 Å². The smallest absolute Gasteiger partial charge is 0.409 e. The van der Waals surface area contributed by atoms with Gasteiger partial charge < -0.3 is 9.64 Å². The molecule has 0 spiro atoms. The summed E-state index contributed by atoms with van der Waals surface area (Å²) in [5, 5.41) is 0. The Morgan fingerprint density at radius 2 is 1.88 bits per heavy atom. The first kappa shape index (κ1) is 14.3. The fraction of sp³-hybridized carbons (Fsp3) is 0.833. The Hall–Kier alpha value is -0.770. The molecule has 0 N–H and O–H groups in total. The van der Waals surface area contributed by atoms with Crippen molar-refractivity contribution in [3.8, 4) is 0 Å². The van der Waals surface area contributed by atoms with Crippen LogP contribution in [0.5, 0.6) is 0 Å². The normalized spacial score (nSPS) is 18.5. The topological polar surface area (TPSA) is 46.6 Å². The number of ether oxygens (including phenoxy) is 1. The Balaban J connectivity index is 2.84. The third-order valence-electron chi connectivity index (χ3n) is 3.62. The van der Waals surface area contributed by atoms with Gasteiger partial charge in [0.15, 0.2) is 0 Å². The summed E-state index contributed by atoms with van der Waals surface area (Å²) in [6, 6.07) is 0. The molecule has 98 valence electrons. The molecule has 0 atom stereocenters. The number of carbonyl (C=O) groups is 2. The Morgan fingerprint density at radius 1 is 1.29 bits per heavy atom. The number of methoxy groups -OCH3 is 1. The monoisotopic (exact) mass is 261 g/mol. The molecule has 1 aliphatic rings. The van der Waals surface area contributed by atoms with E-state index >= 15 is 0 Å². The van der Waals surface area contributed by atoms with Crippen LogP contribution in [0.2, 0.25) is 0 Å². The molecule has 1 rings (SSSR count). The minimum absolute atomic E-state index is 0.00989.